The van der Waals surface area contributed by atoms with Gasteiger partial charge >= 0.3 is 5.97 Å². The molecule has 1 aliphatic carbocycles. The van der Waals surface area contributed by atoms with Gasteiger partial charge < -0.3 is 19.3 Å². The molecule has 2 aromatic rings. The van der Waals surface area contributed by atoms with Gasteiger partial charge in [-0.25, -0.2) is 0 Å². The van der Waals surface area contributed by atoms with Crippen molar-refractivity contribution in [3.63, 3.8) is 0 Å². The van der Waals surface area contributed by atoms with Crippen LogP contribution in [0.15, 0.2) is 71.5 Å². The Hall–Kier alpha value is -3.47. The summed E-state index contributed by atoms with van der Waals surface area (Å²) in [6.45, 7) is 13.4. The van der Waals surface area contributed by atoms with Crippen molar-refractivity contribution in [2.75, 3.05) is 36.0 Å². The number of benzene rings is 2. The van der Waals surface area contributed by atoms with Crippen molar-refractivity contribution in [3.8, 4) is 5.75 Å². The SMILES string of the molecule is CCN(CC)c1ccc2c(c1)OC1=C(C=CC3N(CCOC(C)=O)c4ccccc4C3(C)C)CCCC1=C2. The Bertz CT molecular complexity index is 1300. The van der Waals surface area contributed by atoms with Crippen molar-refractivity contribution in [1.29, 1.82) is 0 Å². The maximum Gasteiger partial charge on any atom is 0.302 e. The molecule has 0 aromatic heterocycles. The Morgan fingerprint density at radius 1 is 1.16 bits per heavy atom. The van der Waals surface area contributed by atoms with Gasteiger partial charge in [0.15, 0.2) is 0 Å². The number of para-hydroxylation sites is 1. The number of carbonyl (C=O) groups excluding carboxylic acids is 1. The van der Waals surface area contributed by atoms with Gasteiger partial charge in [0, 0.05) is 48.4 Å². The summed E-state index contributed by atoms with van der Waals surface area (Å²) < 4.78 is 12.0. The largest absolute Gasteiger partial charge is 0.464 e. The van der Waals surface area contributed by atoms with Gasteiger partial charge in [-0.1, -0.05) is 44.2 Å². The zero-order valence-corrected chi connectivity index (χ0v) is 23.4. The molecule has 0 fully saturated rings. The summed E-state index contributed by atoms with van der Waals surface area (Å²) in [7, 11) is 0. The second kappa shape index (κ2) is 10.7. The number of hydrogen-bond donors (Lipinski definition) is 0. The molecule has 5 nitrogen and oxygen atoms in total. The second-order valence-corrected chi connectivity index (χ2v) is 11.0. The van der Waals surface area contributed by atoms with Gasteiger partial charge in [-0.2, -0.15) is 0 Å². The minimum Gasteiger partial charge on any atom is -0.464 e. The average Bonchev–Trinajstić information content (AvgIpc) is 3.12. The first-order chi connectivity index (χ1) is 18.3. The van der Waals surface area contributed by atoms with E-state index in [9.17, 15) is 4.79 Å². The van der Waals surface area contributed by atoms with E-state index >= 15 is 0 Å². The molecular formula is C33H40N2O3. The molecule has 0 radical (unpaired) electrons. The lowest BCUT2D eigenvalue weighted by molar-refractivity contribution is -0.140. The normalized spacial score (nSPS) is 19.4. The van der Waals surface area contributed by atoms with Crippen LogP contribution in [0, 0.1) is 0 Å². The molecule has 200 valence electrons. The summed E-state index contributed by atoms with van der Waals surface area (Å²) in [5.74, 6) is 1.73. The van der Waals surface area contributed by atoms with Crippen molar-refractivity contribution in [2.45, 2.75) is 65.3 Å². The van der Waals surface area contributed by atoms with Crippen LogP contribution in [0.1, 0.15) is 65.0 Å². The number of ether oxygens (including phenoxy) is 2. The number of carbonyl (C=O) groups is 1. The van der Waals surface area contributed by atoms with Crippen molar-refractivity contribution in [1.82, 2.24) is 0 Å². The summed E-state index contributed by atoms with van der Waals surface area (Å²) in [5.41, 5.74) is 7.37. The molecule has 0 saturated carbocycles. The Kier molecular flexibility index (Phi) is 7.38. The van der Waals surface area contributed by atoms with E-state index in [-0.39, 0.29) is 17.4 Å². The van der Waals surface area contributed by atoms with Crippen LogP contribution in [-0.2, 0) is 14.9 Å². The Labute approximate surface area is 227 Å². The van der Waals surface area contributed by atoms with Crippen LogP contribution in [0.2, 0.25) is 0 Å². The number of anilines is 2. The lowest BCUT2D eigenvalue weighted by Gasteiger charge is -2.33. The summed E-state index contributed by atoms with van der Waals surface area (Å²) in [6, 6.07) is 15.3. The first-order valence-electron chi connectivity index (χ1n) is 14.0. The van der Waals surface area contributed by atoms with Crippen molar-refractivity contribution < 1.29 is 14.3 Å². The predicted octanol–water partition coefficient (Wildman–Crippen LogP) is 7.03. The molecule has 0 spiro atoms. The number of nitrogens with zero attached hydrogens (tertiary/aromatic N) is 2. The monoisotopic (exact) mass is 512 g/mol. The molecule has 0 bridgehead atoms. The number of fused-ring (bicyclic) bond motifs is 3. The summed E-state index contributed by atoms with van der Waals surface area (Å²) in [5, 5.41) is 0. The van der Waals surface area contributed by atoms with E-state index in [1.807, 2.05) is 0 Å². The highest BCUT2D eigenvalue weighted by Gasteiger charge is 2.43. The fraction of sp³-hybridized carbons (Fsp3) is 0.424. The Balaban J connectivity index is 1.46. The van der Waals surface area contributed by atoms with Crippen LogP contribution in [-0.4, -0.2) is 38.3 Å². The lowest BCUT2D eigenvalue weighted by Crippen LogP contribution is -2.41. The first-order valence-corrected chi connectivity index (χ1v) is 14.0. The van der Waals surface area contributed by atoms with Gasteiger partial charge in [0.1, 0.15) is 18.1 Å². The number of rotatable bonds is 8. The minimum atomic E-state index is -0.240. The van der Waals surface area contributed by atoms with Crippen molar-refractivity contribution in [2.24, 2.45) is 0 Å². The number of allylic oxidation sites excluding steroid dienone is 3. The van der Waals surface area contributed by atoms with Gasteiger partial charge in [-0.05, 0) is 74.1 Å². The highest BCUT2D eigenvalue weighted by Crippen LogP contribution is 2.46. The lowest BCUT2D eigenvalue weighted by atomic mass is 9.80. The molecular weight excluding hydrogens is 472 g/mol. The number of hydrogen-bond acceptors (Lipinski definition) is 5. The average molecular weight is 513 g/mol. The van der Waals surface area contributed by atoms with Gasteiger partial charge in [-0.15, -0.1) is 0 Å². The van der Waals surface area contributed by atoms with Gasteiger partial charge in [0.2, 0.25) is 0 Å². The van der Waals surface area contributed by atoms with E-state index in [0.717, 1.165) is 49.4 Å². The molecule has 1 unspecified atom stereocenters. The van der Waals surface area contributed by atoms with E-state index in [1.54, 1.807) is 0 Å². The van der Waals surface area contributed by atoms with Gasteiger partial charge in [-0.3, -0.25) is 4.79 Å². The highest BCUT2D eigenvalue weighted by molar-refractivity contribution is 5.72. The van der Waals surface area contributed by atoms with Crippen LogP contribution in [0.5, 0.6) is 5.75 Å². The zero-order chi connectivity index (χ0) is 26.9. The number of esters is 1. The third kappa shape index (κ3) is 4.87. The molecule has 2 aromatic carbocycles. The quantitative estimate of drug-likeness (QED) is 0.355. The van der Waals surface area contributed by atoms with E-state index in [0.29, 0.717) is 13.2 Å². The Morgan fingerprint density at radius 2 is 1.95 bits per heavy atom. The molecule has 5 rings (SSSR count). The van der Waals surface area contributed by atoms with Crippen LogP contribution in [0.25, 0.3) is 6.08 Å². The van der Waals surface area contributed by atoms with E-state index in [4.69, 9.17) is 9.47 Å². The van der Waals surface area contributed by atoms with Crippen LogP contribution in [0.4, 0.5) is 11.4 Å². The molecule has 1 atom stereocenters. The maximum atomic E-state index is 11.4. The molecule has 0 N–H and O–H groups in total. The molecule has 3 aliphatic rings. The molecule has 2 heterocycles. The molecule has 0 amide bonds. The van der Waals surface area contributed by atoms with E-state index < -0.39 is 0 Å². The zero-order valence-electron chi connectivity index (χ0n) is 23.4. The van der Waals surface area contributed by atoms with E-state index in [2.05, 4.69) is 98.2 Å². The first kappa shape index (κ1) is 26.1. The van der Waals surface area contributed by atoms with E-state index in [1.165, 1.54) is 35.0 Å². The fourth-order valence-corrected chi connectivity index (χ4v) is 6.21. The minimum absolute atomic E-state index is 0.0828. The predicted molar refractivity (Wildman–Crippen MR) is 156 cm³/mol. The second-order valence-electron chi connectivity index (χ2n) is 11.0. The Morgan fingerprint density at radius 3 is 2.71 bits per heavy atom. The van der Waals surface area contributed by atoms with Crippen LogP contribution in [0.3, 0.4) is 0 Å². The van der Waals surface area contributed by atoms with Crippen molar-refractivity contribution >= 4 is 23.4 Å². The van der Waals surface area contributed by atoms with Crippen LogP contribution >= 0.6 is 0 Å². The summed E-state index contributed by atoms with van der Waals surface area (Å²) in [6.07, 6.45) is 10.1. The standard InChI is InChI=1S/C33H40N2O3/c1-6-34(7-2)27-17-15-25-21-26-12-10-11-24(32(26)38-30(25)22-27)16-18-31-33(4,5)28-13-8-9-14-29(28)35(31)19-20-37-23(3)36/h8-9,13-18,21-22,31H,6-7,10-12,19-20H2,1-5H3. The molecule has 5 heteroatoms. The third-order valence-electron chi connectivity index (χ3n) is 8.24. The fourth-order valence-electron chi connectivity index (χ4n) is 6.21. The maximum absolute atomic E-state index is 11.4. The summed E-state index contributed by atoms with van der Waals surface area (Å²) >= 11 is 0. The third-order valence-corrected chi connectivity index (χ3v) is 8.24. The molecule has 0 saturated heterocycles. The molecule has 38 heavy (non-hydrogen) atoms. The van der Waals surface area contributed by atoms with Gasteiger partial charge in [0.25, 0.3) is 0 Å². The van der Waals surface area contributed by atoms with Gasteiger partial charge in [0.05, 0.1) is 12.6 Å². The van der Waals surface area contributed by atoms with Crippen molar-refractivity contribution in [3.05, 3.63) is 82.6 Å². The summed E-state index contributed by atoms with van der Waals surface area (Å²) in [4.78, 5) is 16.2. The topological polar surface area (TPSA) is 42.0 Å². The smallest absolute Gasteiger partial charge is 0.302 e. The highest BCUT2D eigenvalue weighted by atomic mass is 16.5. The molecule has 2 aliphatic heterocycles. The van der Waals surface area contributed by atoms with Crippen LogP contribution < -0.4 is 14.5 Å².